The van der Waals surface area contributed by atoms with Gasteiger partial charge in [-0.05, 0) is 41.3 Å². The molecule has 0 unspecified atom stereocenters. The van der Waals surface area contributed by atoms with E-state index in [9.17, 15) is 20.1 Å². The van der Waals surface area contributed by atoms with Crippen molar-refractivity contribution in [2.75, 3.05) is 19.8 Å². The van der Waals surface area contributed by atoms with Crippen LogP contribution in [0.25, 0.3) is 0 Å². The largest absolute Gasteiger partial charge is 0.488 e. The summed E-state index contributed by atoms with van der Waals surface area (Å²) in [7, 11) is 0. The van der Waals surface area contributed by atoms with Crippen LogP contribution in [0.3, 0.4) is 0 Å². The number of aliphatic hydroxyl groups excluding tert-OH is 3. The number of ether oxygens (including phenoxy) is 4. The molecule has 2 heterocycles. The summed E-state index contributed by atoms with van der Waals surface area (Å²) in [5.41, 5.74) is 2.41. The number of hydrogen-bond acceptors (Lipinski definition) is 8. The van der Waals surface area contributed by atoms with Gasteiger partial charge in [0.05, 0.1) is 13.2 Å². The van der Waals surface area contributed by atoms with Crippen LogP contribution in [0, 0.1) is 0 Å². The van der Waals surface area contributed by atoms with Crippen LogP contribution in [-0.2, 0) is 25.4 Å². The fraction of sp³-hybridized carbons (Fsp3) is 0.458. The quantitative estimate of drug-likeness (QED) is 0.492. The average Bonchev–Trinajstić information content (AvgIpc) is 3.33. The van der Waals surface area contributed by atoms with Crippen molar-refractivity contribution in [2.45, 2.75) is 49.5 Å². The summed E-state index contributed by atoms with van der Waals surface area (Å²) >= 11 is 6.42. The molecule has 2 aromatic rings. The molecule has 178 valence electrons. The van der Waals surface area contributed by atoms with E-state index in [2.05, 4.69) is 4.74 Å². The third kappa shape index (κ3) is 5.66. The third-order valence-electron chi connectivity index (χ3n) is 5.95. The van der Waals surface area contributed by atoms with Gasteiger partial charge in [-0.3, -0.25) is 4.79 Å². The highest BCUT2D eigenvalue weighted by atomic mass is 35.5. The molecule has 3 N–H and O–H groups in total. The van der Waals surface area contributed by atoms with Gasteiger partial charge in [0.2, 0.25) is 0 Å². The molecule has 0 aromatic heterocycles. The molecule has 0 saturated carbocycles. The fourth-order valence-electron chi connectivity index (χ4n) is 4.11. The summed E-state index contributed by atoms with van der Waals surface area (Å²) in [4.78, 5) is 10.5. The van der Waals surface area contributed by atoms with Crippen molar-refractivity contribution < 1.29 is 39.1 Å². The van der Waals surface area contributed by atoms with Crippen molar-refractivity contribution in [3.8, 4) is 5.75 Å². The maximum Gasteiger partial charge on any atom is 0.293 e. The van der Waals surface area contributed by atoms with Gasteiger partial charge in [-0.15, -0.1) is 0 Å². The smallest absolute Gasteiger partial charge is 0.293 e. The van der Waals surface area contributed by atoms with Gasteiger partial charge < -0.3 is 34.3 Å². The Morgan fingerprint density at radius 1 is 1.06 bits per heavy atom. The van der Waals surface area contributed by atoms with Gasteiger partial charge in [-0.25, -0.2) is 0 Å². The van der Waals surface area contributed by atoms with Crippen LogP contribution in [-0.4, -0.2) is 72.1 Å². The number of carbonyl (C=O) groups excluding carboxylic acids is 1. The number of aliphatic hydroxyl groups is 3. The van der Waals surface area contributed by atoms with E-state index in [1.165, 1.54) is 0 Å². The van der Waals surface area contributed by atoms with Crippen LogP contribution in [0.1, 0.15) is 29.2 Å². The molecule has 4 rings (SSSR count). The van der Waals surface area contributed by atoms with E-state index in [1.807, 2.05) is 24.3 Å². The Morgan fingerprint density at radius 3 is 2.55 bits per heavy atom. The first kappa shape index (κ1) is 23.9. The molecule has 2 saturated heterocycles. The molecule has 9 heteroatoms. The molecular formula is C24H27ClO8. The predicted octanol–water partition coefficient (Wildman–Crippen LogP) is 1.79. The topological polar surface area (TPSA) is 115 Å². The highest BCUT2D eigenvalue weighted by molar-refractivity contribution is 6.31. The molecule has 0 amide bonds. The van der Waals surface area contributed by atoms with Gasteiger partial charge in [-0.2, -0.15) is 0 Å². The lowest BCUT2D eigenvalue weighted by molar-refractivity contribution is -0.233. The van der Waals surface area contributed by atoms with E-state index in [4.69, 9.17) is 25.8 Å². The molecule has 2 aliphatic heterocycles. The second-order valence-corrected chi connectivity index (χ2v) is 8.68. The standard InChI is InChI=1S/C24H27ClO8/c25-19-6-3-15(24-23(29)22(28)21(27)20(33-24)12-31-13-26)10-16(19)9-14-1-4-17(5-2-14)32-18-7-8-30-11-18/h1-6,10,13,18,20-24,27-29H,7-9,11-12H2/t18-,20-,21-,22+,23-,24+/m1/s1. The minimum Gasteiger partial charge on any atom is -0.488 e. The Morgan fingerprint density at radius 2 is 1.85 bits per heavy atom. The summed E-state index contributed by atoms with van der Waals surface area (Å²) in [5, 5.41) is 31.5. The van der Waals surface area contributed by atoms with Gasteiger partial charge >= 0.3 is 0 Å². The Kier molecular flexibility index (Phi) is 7.85. The second-order valence-electron chi connectivity index (χ2n) is 8.27. The average molecular weight is 479 g/mol. The first-order chi connectivity index (χ1) is 16.0. The first-order valence-electron chi connectivity index (χ1n) is 10.8. The molecule has 0 spiro atoms. The summed E-state index contributed by atoms with van der Waals surface area (Å²) in [6, 6.07) is 13.0. The molecule has 0 radical (unpaired) electrons. The van der Waals surface area contributed by atoms with E-state index >= 15 is 0 Å². The lowest BCUT2D eigenvalue weighted by atomic mass is 9.90. The van der Waals surface area contributed by atoms with Gasteiger partial charge in [0.15, 0.2) is 0 Å². The van der Waals surface area contributed by atoms with Crippen molar-refractivity contribution in [1.82, 2.24) is 0 Å². The molecular weight excluding hydrogens is 452 g/mol. The van der Waals surface area contributed by atoms with Crippen molar-refractivity contribution in [3.05, 3.63) is 64.2 Å². The zero-order chi connectivity index (χ0) is 23.4. The van der Waals surface area contributed by atoms with Crippen molar-refractivity contribution in [1.29, 1.82) is 0 Å². The highest BCUT2D eigenvalue weighted by Crippen LogP contribution is 2.34. The fourth-order valence-corrected chi connectivity index (χ4v) is 4.29. The molecule has 2 aliphatic rings. The molecule has 6 atom stereocenters. The van der Waals surface area contributed by atoms with Gasteiger partial charge in [-0.1, -0.05) is 35.9 Å². The molecule has 0 bridgehead atoms. The molecule has 2 aromatic carbocycles. The van der Waals surface area contributed by atoms with Gasteiger partial charge in [0.1, 0.15) is 49.0 Å². The Hall–Kier alpha value is -2.20. The zero-order valence-corrected chi connectivity index (χ0v) is 18.6. The molecule has 2 fully saturated rings. The number of benzene rings is 2. The summed E-state index contributed by atoms with van der Waals surface area (Å²) in [6.45, 7) is 1.32. The molecule has 33 heavy (non-hydrogen) atoms. The Labute approximate surface area is 196 Å². The summed E-state index contributed by atoms with van der Waals surface area (Å²) in [5.74, 6) is 0.781. The maximum absolute atomic E-state index is 10.5. The number of hydrogen-bond donors (Lipinski definition) is 3. The van der Waals surface area contributed by atoms with E-state index in [-0.39, 0.29) is 19.2 Å². The summed E-state index contributed by atoms with van der Waals surface area (Å²) < 4.78 is 21.7. The van der Waals surface area contributed by atoms with Gasteiger partial charge in [0.25, 0.3) is 6.47 Å². The van der Waals surface area contributed by atoms with Gasteiger partial charge in [0, 0.05) is 11.4 Å². The normalized spacial score (nSPS) is 29.6. The maximum atomic E-state index is 10.5. The Balaban J connectivity index is 1.48. The van der Waals surface area contributed by atoms with Crippen molar-refractivity contribution >= 4 is 18.1 Å². The van der Waals surface area contributed by atoms with Crippen LogP contribution in [0.15, 0.2) is 42.5 Å². The minimum atomic E-state index is -1.46. The van der Waals surface area contributed by atoms with E-state index in [1.54, 1.807) is 18.2 Å². The number of carbonyl (C=O) groups is 1. The van der Waals surface area contributed by atoms with Crippen molar-refractivity contribution in [3.63, 3.8) is 0 Å². The monoisotopic (exact) mass is 478 g/mol. The minimum absolute atomic E-state index is 0.0820. The molecule has 0 aliphatic carbocycles. The van der Waals surface area contributed by atoms with Crippen LogP contribution in [0.2, 0.25) is 5.02 Å². The van der Waals surface area contributed by atoms with E-state index in [0.29, 0.717) is 23.6 Å². The lowest BCUT2D eigenvalue weighted by Gasteiger charge is -2.40. The van der Waals surface area contributed by atoms with E-state index < -0.39 is 30.5 Å². The first-order valence-corrected chi connectivity index (χ1v) is 11.2. The third-order valence-corrected chi connectivity index (χ3v) is 6.32. The molecule has 8 nitrogen and oxygen atoms in total. The number of rotatable bonds is 8. The zero-order valence-electron chi connectivity index (χ0n) is 17.9. The lowest BCUT2D eigenvalue weighted by Crippen LogP contribution is -2.55. The van der Waals surface area contributed by atoms with Crippen LogP contribution in [0.4, 0.5) is 0 Å². The SMILES string of the molecule is O=COC[C@H]1O[C@@H](c2ccc(Cl)c(Cc3ccc(O[C@@H]4CCOC4)cc3)c2)[C@H](O)[C@@H](O)[C@@H]1O. The van der Waals surface area contributed by atoms with Crippen molar-refractivity contribution in [2.24, 2.45) is 0 Å². The van der Waals surface area contributed by atoms with Crippen LogP contribution in [0.5, 0.6) is 5.75 Å². The Bertz CT molecular complexity index is 931. The van der Waals surface area contributed by atoms with E-state index in [0.717, 1.165) is 29.9 Å². The second kappa shape index (κ2) is 10.8. The highest BCUT2D eigenvalue weighted by Gasteiger charge is 2.44. The number of halogens is 1. The predicted molar refractivity (Wildman–Crippen MR) is 118 cm³/mol. The summed E-state index contributed by atoms with van der Waals surface area (Å²) in [6.07, 6.45) is -4.62. The van der Waals surface area contributed by atoms with Crippen LogP contribution < -0.4 is 4.74 Å². The van der Waals surface area contributed by atoms with Crippen LogP contribution >= 0.6 is 11.6 Å².